The second-order valence-corrected chi connectivity index (χ2v) is 7.05. The summed E-state index contributed by atoms with van der Waals surface area (Å²) in [5.41, 5.74) is 2.48. The van der Waals surface area contributed by atoms with E-state index in [1.807, 2.05) is 78.9 Å². The highest BCUT2D eigenvalue weighted by molar-refractivity contribution is 5.98. The number of benzene rings is 3. The van der Waals surface area contributed by atoms with E-state index in [0.717, 1.165) is 11.1 Å². The zero-order valence-corrected chi connectivity index (χ0v) is 17.7. The standard InChI is InChI=1S/C26H24N2O4/c1-19(29)27-23(17-20-11-5-2-6-12-20)26(31)32-18-24(30)28-25(21-13-7-3-8-14-21)22-15-9-4-10-16-22/h2-17,25H,18H2,1H3,(H,27,29)(H,28,30). The average Bonchev–Trinajstić information content (AvgIpc) is 2.82. The van der Waals surface area contributed by atoms with Crippen LogP contribution >= 0.6 is 0 Å². The van der Waals surface area contributed by atoms with Crippen molar-refractivity contribution in [3.05, 3.63) is 113 Å². The Morgan fingerprint density at radius 3 is 1.81 bits per heavy atom. The van der Waals surface area contributed by atoms with Crippen molar-refractivity contribution >= 4 is 23.9 Å². The van der Waals surface area contributed by atoms with Gasteiger partial charge in [-0.2, -0.15) is 0 Å². The number of esters is 1. The van der Waals surface area contributed by atoms with Crippen LogP contribution in [0.15, 0.2) is 96.7 Å². The summed E-state index contributed by atoms with van der Waals surface area (Å²) >= 11 is 0. The molecule has 0 atom stereocenters. The average molecular weight is 428 g/mol. The zero-order valence-electron chi connectivity index (χ0n) is 17.7. The summed E-state index contributed by atoms with van der Waals surface area (Å²) in [6.45, 7) is 0.809. The van der Waals surface area contributed by atoms with Gasteiger partial charge >= 0.3 is 5.97 Å². The molecular formula is C26H24N2O4. The van der Waals surface area contributed by atoms with Crippen LogP contribution in [-0.2, 0) is 19.1 Å². The third-order valence-corrected chi connectivity index (χ3v) is 4.55. The topological polar surface area (TPSA) is 84.5 Å². The molecule has 32 heavy (non-hydrogen) atoms. The first-order chi connectivity index (χ1) is 15.5. The second kappa shape index (κ2) is 11.3. The lowest BCUT2D eigenvalue weighted by atomic mass is 9.99. The van der Waals surface area contributed by atoms with Gasteiger partial charge < -0.3 is 15.4 Å². The summed E-state index contributed by atoms with van der Waals surface area (Å²) in [5.74, 6) is -1.67. The van der Waals surface area contributed by atoms with Gasteiger partial charge in [-0.1, -0.05) is 91.0 Å². The predicted molar refractivity (Wildman–Crippen MR) is 122 cm³/mol. The Balaban J connectivity index is 1.69. The number of hydrogen-bond donors (Lipinski definition) is 2. The molecule has 0 spiro atoms. The van der Waals surface area contributed by atoms with Crippen LogP contribution < -0.4 is 10.6 Å². The molecule has 3 aromatic rings. The van der Waals surface area contributed by atoms with Crippen LogP contribution in [0, 0.1) is 0 Å². The van der Waals surface area contributed by atoms with Crippen molar-refractivity contribution in [2.75, 3.05) is 6.61 Å². The normalized spacial score (nSPS) is 11.0. The largest absolute Gasteiger partial charge is 0.451 e. The van der Waals surface area contributed by atoms with Gasteiger partial charge in [0.05, 0.1) is 6.04 Å². The van der Waals surface area contributed by atoms with Gasteiger partial charge in [0.2, 0.25) is 5.91 Å². The van der Waals surface area contributed by atoms with Crippen LogP contribution in [0.3, 0.4) is 0 Å². The number of nitrogens with one attached hydrogen (secondary N) is 2. The van der Waals surface area contributed by atoms with E-state index >= 15 is 0 Å². The Morgan fingerprint density at radius 2 is 1.31 bits per heavy atom. The monoisotopic (exact) mass is 428 g/mol. The lowest BCUT2D eigenvalue weighted by molar-refractivity contribution is -0.145. The lowest BCUT2D eigenvalue weighted by Crippen LogP contribution is -2.34. The molecule has 0 radical (unpaired) electrons. The summed E-state index contributed by atoms with van der Waals surface area (Å²) in [7, 11) is 0. The molecule has 0 bridgehead atoms. The fourth-order valence-electron chi connectivity index (χ4n) is 3.11. The van der Waals surface area contributed by atoms with Crippen LogP contribution in [0.4, 0.5) is 0 Å². The quantitative estimate of drug-likeness (QED) is 0.424. The zero-order chi connectivity index (χ0) is 22.8. The molecule has 2 N–H and O–H groups in total. The van der Waals surface area contributed by atoms with Gasteiger partial charge in [0.25, 0.3) is 5.91 Å². The summed E-state index contributed by atoms with van der Waals surface area (Å²) in [5, 5.41) is 5.37. The molecule has 3 rings (SSSR count). The molecule has 0 aromatic heterocycles. The fraction of sp³-hybridized carbons (Fsp3) is 0.115. The first-order valence-corrected chi connectivity index (χ1v) is 10.1. The van der Waals surface area contributed by atoms with Gasteiger partial charge in [0.1, 0.15) is 5.70 Å². The molecule has 0 fully saturated rings. The second-order valence-electron chi connectivity index (χ2n) is 7.05. The SMILES string of the molecule is CC(=O)NC(=Cc1ccccc1)C(=O)OCC(=O)NC(c1ccccc1)c1ccccc1. The summed E-state index contributed by atoms with van der Waals surface area (Å²) < 4.78 is 5.18. The Hall–Kier alpha value is -4.19. The lowest BCUT2D eigenvalue weighted by Gasteiger charge is -2.20. The van der Waals surface area contributed by atoms with E-state index in [2.05, 4.69) is 10.6 Å². The number of hydrogen-bond acceptors (Lipinski definition) is 4. The molecule has 0 aliphatic heterocycles. The maximum Gasteiger partial charge on any atom is 0.355 e. The molecule has 0 aliphatic carbocycles. The maximum atomic E-state index is 12.6. The van der Waals surface area contributed by atoms with Crippen LogP contribution in [0.25, 0.3) is 6.08 Å². The highest BCUT2D eigenvalue weighted by atomic mass is 16.5. The fourth-order valence-corrected chi connectivity index (χ4v) is 3.11. The van der Waals surface area contributed by atoms with E-state index in [1.54, 1.807) is 12.1 Å². The van der Waals surface area contributed by atoms with Crippen LogP contribution in [0.5, 0.6) is 0 Å². The Morgan fingerprint density at radius 1 is 0.812 bits per heavy atom. The maximum absolute atomic E-state index is 12.6. The molecular weight excluding hydrogens is 404 g/mol. The minimum absolute atomic E-state index is 0.0424. The van der Waals surface area contributed by atoms with E-state index in [4.69, 9.17) is 4.74 Å². The van der Waals surface area contributed by atoms with Gasteiger partial charge in [0, 0.05) is 6.92 Å². The van der Waals surface area contributed by atoms with Crippen LogP contribution in [-0.4, -0.2) is 24.4 Å². The molecule has 0 saturated carbocycles. The van der Waals surface area contributed by atoms with E-state index in [0.29, 0.717) is 5.56 Å². The first kappa shape index (κ1) is 22.5. The highest BCUT2D eigenvalue weighted by Crippen LogP contribution is 2.21. The molecule has 0 unspecified atom stereocenters. The van der Waals surface area contributed by atoms with E-state index < -0.39 is 30.4 Å². The van der Waals surface area contributed by atoms with E-state index in [1.165, 1.54) is 13.0 Å². The van der Waals surface area contributed by atoms with E-state index in [-0.39, 0.29) is 5.70 Å². The molecule has 6 heteroatoms. The minimum Gasteiger partial charge on any atom is -0.451 e. The van der Waals surface area contributed by atoms with Gasteiger partial charge in [-0.3, -0.25) is 9.59 Å². The number of amides is 2. The number of ether oxygens (including phenoxy) is 1. The summed E-state index contributed by atoms with van der Waals surface area (Å²) in [4.78, 5) is 36.6. The third kappa shape index (κ3) is 6.67. The molecule has 6 nitrogen and oxygen atoms in total. The number of carbonyl (C=O) groups is 3. The summed E-state index contributed by atoms with van der Waals surface area (Å²) in [6, 6.07) is 27.7. The Labute approximate surface area is 186 Å². The molecule has 0 heterocycles. The molecule has 0 saturated heterocycles. The van der Waals surface area contributed by atoms with Crippen LogP contribution in [0.2, 0.25) is 0 Å². The molecule has 3 aromatic carbocycles. The van der Waals surface area contributed by atoms with Gasteiger partial charge in [-0.25, -0.2) is 4.79 Å². The van der Waals surface area contributed by atoms with Crippen LogP contribution in [0.1, 0.15) is 29.7 Å². The van der Waals surface area contributed by atoms with Crippen molar-refractivity contribution in [2.45, 2.75) is 13.0 Å². The first-order valence-electron chi connectivity index (χ1n) is 10.1. The molecule has 162 valence electrons. The van der Waals surface area contributed by atoms with Crippen molar-refractivity contribution < 1.29 is 19.1 Å². The van der Waals surface area contributed by atoms with Crippen molar-refractivity contribution in [1.29, 1.82) is 0 Å². The Bertz CT molecular complexity index is 1040. The van der Waals surface area contributed by atoms with Crippen molar-refractivity contribution in [3.63, 3.8) is 0 Å². The van der Waals surface area contributed by atoms with Crippen molar-refractivity contribution in [1.82, 2.24) is 10.6 Å². The number of carbonyl (C=O) groups excluding carboxylic acids is 3. The third-order valence-electron chi connectivity index (χ3n) is 4.55. The predicted octanol–water partition coefficient (Wildman–Crippen LogP) is 3.61. The number of rotatable bonds is 8. The molecule has 0 aliphatic rings. The van der Waals surface area contributed by atoms with Gasteiger partial charge in [-0.05, 0) is 22.8 Å². The molecule has 2 amide bonds. The van der Waals surface area contributed by atoms with Crippen molar-refractivity contribution in [3.8, 4) is 0 Å². The Kier molecular flexibility index (Phi) is 7.92. The highest BCUT2D eigenvalue weighted by Gasteiger charge is 2.19. The van der Waals surface area contributed by atoms with Gasteiger partial charge in [-0.15, -0.1) is 0 Å². The smallest absolute Gasteiger partial charge is 0.355 e. The van der Waals surface area contributed by atoms with Gasteiger partial charge in [0.15, 0.2) is 6.61 Å². The summed E-state index contributed by atoms with van der Waals surface area (Å²) in [6.07, 6.45) is 1.50. The van der Waals surface area contributed by atoms with E-state index in [9.17, 15) is 14.4 Å². The van der Waals surface area contributed by atoms with Crippen molar-refractivity contribution in [2.24, 2.45) is 0 Å². The minimum atomic E-state index is -0.796.